The monoisotopic (exact) mass is 253 g/mol. The van der Waals surface area contributed by atoms with Gasteiger partial charge in [-0.15, -0.1) is 11.3 Å². The minimum atomic E-state index is 0.239. The van der Waals surface area contributed by atoms with Gasteiger partial charge < -0.3 is 10.4 Å². The SMILES string of the molecule is CC(C)CC(CO)NC(c1cccs1)C1CC1. The summed E-state index contributed by atoms with van der Waals surface area (Å²) in [4.78, 5) is 1.43. The first kappa shape index (κ1) is 13.1. The number of nitrogens with one attached hydrogen (secondary N) is 1. The summed E-state index contributed by atoms with van der Waals surface area (Å²) < 4.78 is 0. The van der Waals surface area contributed by atoms with Crippen LogP contribution < -0.4 is 5.32 Å². The Kier molecular flexibility index (Phi) is 4.60. The van der Waals surface area contributed by atoms with Crippen LogP contribution in [0.15, 0.2) is 17.5 Å². The van der Waals surface area contributed by atoms with E-state index in [1.54, 1.807) is 0 Å². The molecule has 1 fully saturated rings. The molecule has 17 heavy (non-hydrogen) atoms. The molecular formula is C14H23NOS. The summed E-state index contributed by atoms with van der Waals surface area (Å²) in [7, 11) is 0. The van der Waals surface area contributed by atoms with E-state index in [4.69, 9.17) is 0 Å². The van der Waals surface area contributed by atoms with Gasteiger partial charge in [0.1, 0.15) is 0 Å². The summed E-state index contributed by atoms with van der Waals surface area (Å²) in [5, 5.41) is 15.3. The second kappa shape index (κ2) is 5.98. The zero-order chi connectivity index (χ0) is 12.3. The summed E-state index contributed by atoms with van der Waals surface area (Å²) >= 11 is 1.83. The quantitative estimate of drug-likeness (QED) is 0.782. The van der Waals surface area contributed by atoms with E-state index in [0.29, 0.717) is 12.0 Å². The van der Waals surface area contributed by atoms with Crippen LogP contribution in [0.5, 0.6) is 0 Å². The minimum Gasteiger partial charge on any atom is -0.395 e. The Morgan fingerprint density at radius 3 is 2.71 bits per heavy atom. The number of rotatable bonds is 7. The Labute approximate surface area is 108 Å². The molecular weight excluding hydrogens is 230 g/mol. The Bertz CT molecular complexity index is 319. The van der Waals surface area contributed by atoms with E-state index in [2.05, 4.69) is 36.7 Å². The summed E-state index contributed by atoms with van der Waals surface area (Å²) in [6, 6.07) is 5.03. The van der Waals surface area contributed by atoms with E-state index in [0.717, 1.165) is 12.3 Å². The lowest BCUT2D eigenvalue weighted by molar-refractivity contribution is 0.209. The van der Waals surface area contributed by atoms with Crippen molar-refractivity contribution in [3.63, 3.8) is 0 Å². The minimum absolute atomic E-state index is 0.239. The fourth-order valence-corrected chi connectivity index (χ4v) is 3.25. The van der Waals surface area contributed by atoms with Crippen LogP contribution >= 0.6 is 11.3 Å². The number of hydrogen-bond donors (Lipinski definition) is 2. The molecule has 96 valence electrons. The van der Waals surface area contributed by atoms with Gasteiger partial charge in [0, 0.05) is 17.0 Å². The first-order valence-corrected chi connectivity index (χ1v) is 7.49. The molecule has 1 aliphatic rings. The van der Waals surface area contributed by atoms with Crippen molar-refractivity contribution < 1.29 is 5.11 Å². The summed E-state index contributed by atoms with van der Waals surface area (Å²) in [5.41, 5.74) is 0. The van der Waals surface area contributed by atoms with Crippen molar-refractivity contribution >= 4 is 11.3 Å². The van der Waals surface area contributed by atoms with Crippen molar-refractivity contribution in [3.8, 4) is 0 Å². The molecule has 2 atom stereocenters. The molecule has 1 aromatic heterocycles. The van der Waals surface area contributed by atoms with Crippen LogP contribution in [0, 0.1) is 11.8 Å². The molecule has 0 aliphatic heterocycles. The van der Waals surface area contributed by atoms with E-state index in [9.17, 15) is 5.11 Å². The number of hydrogen-bond acceptors (Lipinski definition) is 3. The van der Waals surface area contributed by atoms with Crippen molar-refractivity contribution in [1.29, 1.82) is 0 Å². The second-order valence-electron chi connectivity index (χ2n) is 5.51. The Morgan fingerprint density at radius 2 is 2.24 bits per heavy atom. The van der Waals surface area contributed by atoms with Gasteiger partial charge >= 0.3 is 0 Å². The second-order valence-corrected chi connectivity index (χ2v) is 6.49. The smallest absolute Gasteiger partial charge is 0.0584 e. The molecule has 1 heterocycles. The van der Waals surface area contributed by atoms with Crippen LogP contribution in [0.25, 0.3) is 0 Å². The van der Waals surface area contributed by atoms with Gasteiger partial charge in [0.05, 0.1) is 6.61 Å². The molecule has 0 bridgehead atoms. The molecule has 2 rings (SSSR count). The molecule has 0 radical (unpaired) electrons. The zero-order valence-corrected chi connectivity index (χ0v) is 11.5. The van der Waals surface area contributed by atoms with E-state index < -0.39 is 0 Å². The highest BCUT2D eigenvalue weighted by Crippen LogP contribution is 2.42. The van der Waals surface area contributed by atoms with Crippen LogP contribution in [0.4, 0.5) is 0 Å². The third-order valence-electron chi connectivity index (χ3n) is 3.33. The van der Waals surface area contributed by atoms with Crippen molar-refractivity contribution in [2.75, 3.05) is 6.61 Å². The van der Waals surface area contributed by atoms with E-state index in [1.807, 2.05) is 11.3 Å². The Balaban J connectivity index is 1.97. The van der Waals surface area contributed by atoms with Crippen LogP contribution in [0.1, 0.15) is 44.0 Å². The van der Waals surface area contributed by atoms with Crippen molar-refractivity contribution in [2.45, 2.75) is 45.2 Å². The van der Waals surface area contributed by atoms with Gasteiger partial charge in [-0.1, -0.05) is 19.9 Å². The molecule has 2 nitrogen and oxygen atoms in total. The topological polar surface area (TPSA) is 32.3 Å². The predicted octanol–water partition coefficient (Wildman–Crippen LogP) is 3.20. The molecule has 0 spiro atoms. The largest absolute Gasteiger partial charge is 0.395 e. The molecule has 2 unspecified atom stereocenters. The summed E-state index contributed by atoms with van der Waals surface area (Å²) in [6.07, 6.45) is 3.70. The average molecular weight is 253 g/mol. The Morgan fingerprint density at radius 1 is 1.47 bits per heavy atom. The third kappa shape index (κ3) is 3.80. The van der Waals surface area contributed by atoms with E-state index in [-0.39, 0.29) is 12.6 Å². The zero-order valence-electron chi connectivity index (χ0n) is 10.7. The third-order valence-corrected chi connectivity index (χ3v) is 4.29. The lowest BCUT2D eigenvalue weighted by Crippen LogP contribution is -2.37. The molecule has 0 aromatic carbocycles. The maximum Gasteiger partial charge on any atom is 0.0584 e. The van der Waals surface area contributed by atoms with Gasteiger partial charge in [-0.25, -0.2) is 0 Å². The molecule has 1 aromatic rings. The first-order valence-electron chi connectivity index (χ1n) is 6.61. The molecule has 3 heteroatoms. The van der Waals surface area contributed by atoms with Crippen molar-refractivity contribution in [2.24, 2.45) is 11.8 Å². The van der Waals surface area contributed by atoms with E-state index >= 15 is 0 Å². The maximum atomic E-state index is 9.46. The highest BCUT2D eigenvalue weighted by atomic mass is 32.1. The average Bonchev–Trinajstić information content (AvgIpc) is 2.98. The lowest BCUT2D eigenvalue weighted by atomic mass is 10.0. The molecule has 0 amide bonds. The number of thiophene rings is 1. The maximum absolute atomic E-state index is 9.46. The van der Waals surface area contributed by atoms with Crippen LogP contribution in [0.2, 0.25) is 0 Å². The van der Waals surface area contributed by atoms with Gasteiger partial charge in [0.25, 0.3) is 0 Å². The predicted molar refractivity (Wildman–Crippen MR) is 73.2 cm³/mol. The summed E-state index contributed by atoms with van der Waals surface area (Å²) in [6.45, 7) is 4.66. The Hall–Kier alpha value is -0.380. The molecule has 2 N–H and O–H groups in total. The first-order chi connectivity index (χ1) is 8.20. The fraction of sp³-hybridized carbons (Fsp3) is 0.714. The number of aliphatic hydroxyl groups excluding tert-OH is 1. The molecule has 0 saturated heterocycles. The lowest BCUT2D eigenvalue weighted by Gasteiger charge is -2.25. The highest BCUT2D eigenvalue weighted by Gasteiger charge is 2.34. The standard InChI is InChI=1S/C14H23NOS/c1-10(2)8-12(9-16)15-14(11-5-6-11)13-4-3-7-17-13/h3-4,7,10-12,14-16H,5-6,8-9H2,1-2H3. The van der Waals surface area contributed by atoms with Gasteiger partial charge in [-0.05, 0) is 42.5 Å². The van der Waals surface area contributed by atoms with Crippen LogP contribution in [-0.4, -0.2) is 17.8 Å². The van der Waals surface area contributed by atoms with Gasteiger partial charge in [-0.3, -0.25) is 0 Å². The molecule has 1 saturated carbocycles. The highest BCUT2D eigenvalue weighted by molar-refractivity contribution is 7.10. The van der Waals surface area contributed by atoms with E-state index in [1.165, 1.54) is 17.7 Å². The van der Waals surface area contributed by atoms with Crippen LogP contribution in [-0.2, 0) is 0 Å². The summed E-state index contributed by atoms with van der Waals surface area (Å²) in [5.74, 6) is 1.41. The van der Waals surface area contributed by atoms with Crippen LogP contribution in [0.3, 0.4) is 0 Å². The van der Waals surface area contributed by atoms with Gasteiger partial charge in [0.2, 0.25) is 0 Å². The van der Waals surface area contributed by atoms with Gasteiger partial charge in [-0.2, -0.15) is 0 Å². The normalized spacial score (nSPS) is 19.5. The van der Waals surface area contributed by atoms with Crippen molar-refractivity contribution in [3.05, 3.63) is 22.4 Å². The van der Waals surface area contributed by atoms with Gasteiger partial charge in [0.15, 0.2) is 0 Å². The number of aliphatic hydroxyl groups is 1. The van der Waals surface area contributed by atoms with Crippen molar-refractivity contribution in [1.82, 2.24) is 5.32 Å². The molecule has 1 aliphatic carbocycles. The fourth-order valence-electron chi connectivity index (χ4n) is 2.37.